The summed E-state index contributed by atoms with van der Waals surface area (Å²) < 4.78 is 0. The number of carbonyl (C=O) groups excluding carboxylic acids is 2. The second-order valence-electron chi connectivity index (χ2n) is 18.7. The summed E-state index contributed by atoms with van der Waals surface area (Å²) in [5, 5.41) is 7.07. The van der Waals surface area contributed by atoms with Gasteiger partial charge in [-0.3, -0.25) is 9.59 Å². The Morgan fingerprint density at radius 1 is 0.425 bits per heavy atom. The third-order valence-electron chi connectivity index (χ3n) is 15.0. The highest BCUT2D eigenvalue weighted by molar-refractivity contribution is 5.78. The van der Waals surface area contributed by atoms with Crippen LogP contribution in [0.1, 0.15) is 128 Å². The van der Waals surface area contributed by atoms with Crippen molar-refractivity contribution < 1.29 is 9.59 Å². The van der Waals surface area contributed by atoms with Crippen molar-refractivity contribution >= 4 is 11.8 Å². The summed E-state index contributed by atoms with van der Waals surface area (Å²) in [6.45, 7) is 1.88. The molecule has 2 N–H and O–H groups in total. The van der Waals surface area contributed by atoms with Gasteiger partial charge in [-0.25, -0.2) is 0 Å². The molecule has 0 atom stereocenters. The van der Waals surface area contributed by atoms with Crippen molar-refractivity contribution in [1.82, 2.24) is 10.6 Å². The predicted molar refractivity (Wildman–Crippen MR) is 156 cm³/mol. The maximum atomic E-state index is 13.6. The standard InChI is InChI=1S/C36H54N2O2/c39-31(37-21-35-8-23-1-24(9-35)3-25(2-23)10-35)18-33-14-29-7-30(15-33)17-34(16-29,20-33)19-32(40)38-22-36-11-26-4-27(12-36)6-28(5-26)13-36/h23-30H,1-22H2,(H,37,39)(H,38,40). The minimum absolute atomic E-state index is 0.163. The summed E-state index contributed by atoms with van der Waals surface area (Å²) in [6.07, 6.45) is 25.9. The molecule has 12 fully saturated rings. The van der Waals surface area contributed by atoms with Gasteiger partial charge >= 0.3 is 0 Å². The Balaban J connectivity index is 0.832. The van der Waals surface area contributed by atoms with Crippen molar-refractivity contribution in [3.63, 3.8) is 0 Å². The number of carbonyl (C=O) groups is 2. The third kappa shape index (κ3) is 4.33. The van der Waals surface area contributed by atoms with Crippen LogP contribution in [-0.2, 0) is 9.59 Å². The number of rotatable bonds is 8. The molecular formula is C36H54N2O2. The van der Waals surface area contributed by atoms with Gasteiger partial charge in [0, 0.05) is 25.9 Å². The van der Waals surface area contributed by atoms with E-state index in [-0.39, 0.29) is 10.8 Å². The molecule has 12 aliphatic carbocycles. The molecule has 220 valence electrons. The molecule has 0 aromatic rings. The molecule has 0 aromatic heterocycles. The van der Waals surface area contributed by atoms with Gasteiger partial charge in [0.2, 0.25) is 11.8 Å². The molecule has 12 saturated carbocycles. The number of hydrogen-bond donors (Lipinski definition) is 2. The topological polar surface area (TPSA) is 58.2 Å². The van der Waals surface area contributed by atoms with Crippen LogP contribution in [0, 0.1) is 69.0 Å². The van der Waals surface area contributed by atoms with Crippen molar-refractivity contribution in [2.45, 2.75) is 128 Å². The molecule has 0 saturated heterocycles. The Morgan fingerprint density at radius 2 is 0.700 bits per heavy atom. The zero-order chi connectivity index (χ0) is 26.7. The molecule has 2 amide bonds. The number of hydrogen-bond acceptors (Lipinski definition) is 2. The van der Waals surface area contributed by atoms with Crippen LogP contribution in [0.5, 0.6) is 0 Å². The van der Waals surface area contributed by atoms with Gasteiger partial charge in [0.15, 0.2) is 0 Å². The second kappa shape index (κ2) is 8.75. The molecule has 40 heavy (non-hydrogen) atoms. The molecular weight excluding hydrogens is 492 g/mol. The van der Waals surface area contributed by atoms with E-state index in [1.165, 1.54) is 109 Å². The first kappa shape index (κ1) is 25.4. The largest absolute Gasteiger partial charge is 0.356 e. The fourth-order valence-electron chi connectivity index (χ4n) is 15.5. The molecule has 4 nitrogen and oxygen atoms in total. The highest BCUT2D eigenvalue weighted by atomic mass is 16.2. The lowest BCUT2D eigenvalue weighted by atomic mass is 9.43. The molecule has 12 bridgehead atoms. The Kier molecular flexibility index (Phi) is 5.56. The van der Waals surface area contributed by atoms with Crippen LogP contribution in [0.3, 0.4) is 0 Å². The zero-order valence-electron chi connectivity index (χ0n) is 25.0. The molecule has 0 aromatic carbocycles. The normalized spacial score (nSPS) is 54.2. The summed E-state index contributed by atoms with van der Waals surface area (Å²) in [7, 11) is 0. The highest BCUT2D eigenvalue weighted by Gasteiger charge is 2.59. The quantitative estimate of drug-likeness (QED) is 0.344. The molecule has 0 radical (unpaired) electrons. The molecule has 0 aliphatic heterocycles. The van der Waals surface area contributed by atoms with Crippen LogP contribution in [0.25, 0.3) is 0 Å². The molecule has 4 heteroatoms. The van der Waals surface area contributed by atoms with Gasteiger partial charge in [-0.2, -0.15) is 0 Å². The Labute approximate surface area is 242 Å². The summed E-state index contributed by atoms with van der Waals surface area (Å²) >= 11 is 0. The van der Waals surface area contributed by atoms with Crippen LogP contribution in [0.15, 0.2) is 0 Å². The zero-order valence-corrected chi connectivity index (χ0v) is 25.0. The van der Waals surface area contributed by atoms with Crippen LogP contribution in [-0.4, -0.2) is 24.9 Å². The highest BCUT2D eigenvalue weighted by Crippen LogP contribution is 2.68. The minimum Gasteiger partial charge on any atom is -0.356 e. The van der Waals surface area contributed by atoms with Gasteiger partial charge in [-0.15, -0.1) is 0 Å². The van der Waals surface area contributed by atoms with Crippen molar-refractivity contribution in [2.24, 2.45) is 69.0 Å². The van der Waals surface area contributed by atoms with Crippen LogP contribution in [0.4, 0.5) is 0 Å². The van der Waals surface area contributed by atoms with E-state index in [4.69, 9.17) is 0 Å². The first-order chi connectivity index (χ1) is 19.2. The lowest BCUT2D eigenvalue weighted by Gasteiger charge is -2.62. The van der Waals surface area contributed by atoms with Crippen LogP contribution >= 0.6 is 0 Å². The lowest BCUT2D eigenvalue weighted by molar-refractivity contribution is -0.147. The van der Waals surface area contributed by atoms with Gasteiger partial charge < -0.3 is 10.6 Å². The first-order valence-corrected chi connectivity index (χ1v) is 17.8. The smallest absolute Gasteiger partial charge is 0.220 e. The maximum Gasteiger partial charge on any atom is 0.220 e. The van der Waals surface area contributed by atoms with Crippen molar-refractivity contribution in [3.05, 3.63) is 0 Å². The van der Waals surface area contributed by atoms with Gasteiger partial charge in [-0.1, -0.05) is 0 Å². The van der Waals surface area contributed by atoms with E-state index < -0.39 is 0 Å². The monoisotopic (exact) mass is 546 g/mol. The number of amides is 2. The van der Waals surface area contributed by atoms with E-state index in [2.05, 4.69) is 10.6 Å². The summed E-state index contributed by atoms with van der Waals surface area (Å²) in [4.78, 5) is 27.1. The van der Waals surface area contributed by atoms with Gasteiger partial charge in [-0.05, 0) is 185 Å². The Hall–Kier alpha value is -1.06. The van der Waals surface area contributed by atoms with Crippen molar-refractivity contribution in [3.8, 4) is 0 Å². The average Bonchev–Trinajstić information content (AvgIpc) is 2.84. The molecule has 12 aliphatic rings. The Bertz CT molecular complexity index is 912. The summed E-state index contributed by atoms with van der Waals surface area (Å²) in [5.41, 5.74) is 1.16. The van der Waals surface area contributed by atoms with Crippen molar-refractivity contribution in [2.75, 3.05) is 13.1 Å². The second-order valence-corrected chi connectivity index (χ2v) is 18.7. The molecule has 12 rings (SSSR count). The van der Waals surface area contributed by atoms with E-state index >= 15 is 0 Å². The fourth-order valence-corrected chi connectivity index (χ4v) is 15.5. The fraction of sp³-hybridized carbons (Fsp3) is 0.944. The SMILES string of the molecule is O=C(CC12CC3CC(C1)CC(CC(=O)NCC14CC5CC(CC(C5)C1)C4)(C3)C2)NCC12CC3CC(CC(C3)C1)C2. The number of nitrogens with one attached hydrogen (secondary N) is 2. The maximum absolute atomic E-state index is 13.6. The van der Waals surface area contributed by atoms with Crippen LogP contribution < -0.4 is 10.6 Å². The van der Waals surface area contributed by atoms with Gasteiger partial charge in [0.05, 0.1) is 0 Å². The van der Waals surface area contributed by atoms with Gasteiger partial charge in [0.25, 0.3) is 0 Å². The summed E-state index contributed by atoms with van der Waals surface area (Å²) in [5.74, 6) is 7.82. The van der Waals surface area contributed by atoms with E-state index in [0.29, 0.717) is 22.6 Å². The van der Waals surface area contributed by atoms with E-state index in [0.717, 1.165) is 79.7 Å². The van der Waals surface area contributed by atoms with Gasteiger partial charge in [0.1, 0.15) is 0 Å². The third-order valence-corrected chi connectivity index (χ3v) is 15.0. The van der Waals surface area contributed by atoms with E-state index in [1.807, 2.05) is 0 Å². The van der Waals surface area contributed by atoms with E-state index in [9.17, 15) is 9.59 Å². The lowest BCUT2D eigenvalue weighted by Crippen LogP contribution is -2.55. The average molecular weight is 547 g/mol. The predicted octanol–water partition coefficient (Wildman–Crippen LogP) is 7.02. The Morgan fingerprint density at radius 3 is 1.02 bits per heavy atom. The van der Waals surface area contributed by atoms with Crippen LogP contribution in [0.2, 0.25) is 0 Å². The molecule has 0 unspecified atom stereocenters. The van der Waals surface area contributed by atoms with E-state index in [1.54, 1.807) is 0 Å². The molecule has 0 heterocycles. The van der Waals surface area contributed by atoms with Crippen molar-refractivity contribution in [1.29, 1.82) is 0 Å². The summed E-state index contributed by atoms with van der Waals surface area (Å²) in [6, 6.07) is 0. The first-order valence-electron chi connectivity index (χ1n) is 17.8. The minimum atomic E-state index is 0.163. The molecule has 0 spiro atoms.